The number of fused-ring (bicyclic) bond motifs is 3. The summed E-state index contributed by atoms with van der Waals surface area (Å²) < 4.78 is 6.01. The number of hydrogen-bond acceptors (Lipinski definition) is 3. The molecule has 0 bridgehead atoms. The van der Waals surface area contributed by atoms with Crippen LogP contribution in [-0.2, 0) is 0 Å². The van der Waals surface area contributed by atoms with Gasteiger partial charge in [0.05, 0.1) is 11.4 Å². The molecule has 0 saturated carbocycles. The second-order valence-electron chi connectivity index (χ2n) is 7.35. The van der Waals surface area contributed by atoms with Gasteiger partial charge in [-0.15, -0.1) is 0 Å². The van der Waals surface area contributed by atoms with Gasteiger partial charge in [0.25, 0.3) is 0 Å². The first kappa shape index (κ1) is 16.7. The molecule has 0 radical (unpaired) electrons. The highest BCUT2D eigenvalue weighted by Gasteiger charge is 2.12. The molecule has 0 amide bonds. The molecule has 136 valence electrons. The zero-order chi connectivity index (χ0) is 19.1. The standard InChI is InChI=1S/C25H20N2O/c1-16(2)18-12-13-26-22(15-18)19-8-10-23-20(14-19)25-24(28-23)11-9-21(27-25)17-6-4-3-5-7-17/h3-16H,1-2H3. The summed E-state index contributed by atoms with van der Waals surface area (Å²) in [6.45, 7) is 4.39. The minimum atomic E-state index is 0.468. The van der Waals surface area contributed by atoms with E-state index in [2.05, 4.69) is 55.2 Å². The molecule has 0 aliphatic rings. The lowest BCUT2D eigenvalue weighted by atomic mass is 10.0. The number of nitrogens with zero attached hydrogens (tertiary/aromatic N) is 2. The maximum atomic E-state index is 6.01. The molecule has 3 heteroatoms. The highest BCUT2D eigenvalue weighted by molar-refractivity contribution is 6.04. The van der Waals surface area contributed by atoms with Crippen molar-refractivity contribution in [1.29, 1.82) is 0 Å². The second kappa shape index (κ2) is 6.61. The van der Waals surface area contributed by atoms with Crippen LogP contribution in [-0.4, -0.2) is 9.97 Å². The van der Waals surface area contributed by atoms with Crippen molar-refractivity contribution in [2.45, 2.75) is 19.8 Å². The van der Waals surface area contributed by atoms with Gasteiger partial charge in [-0.05, 0) is 53.9 Å². The molecule has 0 atom stereocenters. The maximum Gasteiger partial charge on any atom is 0.153 e. The summed E-state index contributed by atoms with van der Waals surface area (Å²) in [5, 5.41) is 1.02. The minimum Gasteiger partial charge on any atom is -0.454 e. The molecular formula is C25H20N2O. The fourth-order valence-electron chi connectivity index (χ4n) is 3.54. The average molecular weight is 364 g/mol. The third-order valence-corrected chi connectivity index (χ3v) is 5.13. The Balaban J connectivity index is 1.68. The lowest BCUT2D eigenvalue weighted by Crippen LogP contribution is -1.90. The van der Waals surface area contributed by atoms with Crippen LogP contribution in [0.25, 0.3) is 44.6 Å². The maximum absolute atomic E-state index is 6.01. The summed E-state index contributed by atoms with van der Waals surface area (Å²) in [6.07, 6.45) is 1.88. The Bertz CT molecular complexity index is 1290. The van der Waals surface area contributed by atoms with Crippen molar-refractivity contribution in [2.75, 3.05) is 0 Å². The Morgan fingerprint density at radius 2 is 1.57 bits per heavy atom. The van der Waals surface area contributed by atoms with Gasteiger partial charge in [0.1, 0.15) is 11.1 Å². The van der Waals surface area contributed by atoms with Crippen LogP contribution in [0.5, 0.6) is 0 Å². The monoisotopic (exact) mass is 364 g/mol. The zero-order valence-corrected chi connectivity index (χ0v) is 15.9. The minimum absolute atomic E-state index is 0.468. The first-order valence-electron chi connectivity index (χ1n) is 9.54. The molecule has 3 aromatic heterocycles. The molecule has 0 spiro atoms. The molecule has 0 aliphatic carbocycles. The van der Waals surface area contributed by atoms with E-state index in [1.807, 2.05) is 42.6 Å². The Morgan fingerprint density at radius 1 is 0.750 bits per heavy atom. The highest BCUT2D eigenvalue weighted by atomic mass is 16.3. The first-order chi connectivity index (χ1) is 13.7. The van der Waals surface area contributed by atoms with E-state index in [1.165, 1.54) is 5.56 Å². The van der Waals surface area contributed by atoms with Crippen molar-refractivity contribution in [2.24, 2.45) is 0 Å². The van der Waals surface area contributed by atoms with Crippen molar-refractivity contribution in [3.05, 3.63) is 84.6 Å². The normalized spacial score (nSPS) is 11.5. The van der Waals surface area contributed by atoms with Gasteiger partial charge in [0, 0.05) is 22.7 Å². The SMILES string of the molecule is CC(C)c1ccnc(-c2ccc3oc4ccc(-c5ccccc5)nc4c3c2)c1. The van der Waals surface area contributed by atoms with Gasteiger partial charge >= 0.3 is 0 Å². The Labute approximate surface area is 163 Å². The van der Waals surface area contributed by atoms with Crippen LogP contribution in [0, 0.1) is 0 Å². The summed E-state index contributed by atoms with van der Waals surface area (Å²) in [5.41, 5.74) is 7.91. The van der Waals surface area contributed by atoms with Crippen LogP contribution < -0.4 is 0 Å². The van der Waals surface area contributed by atoms with Crippen molar-refractivity contribution in [3.63, 3.8) is 0 Å². The van der Waals surface area contributed by atoms with Crippen LogP contribution >= 0.6 is 0 Å². The van der Waals surface area contributed by atoms with E-state index in [0.29, 0.717) is 5.92 Å². The molecule has 3 heterocycles. The molecule has 5 rings (SSSR count). The second-order valence-corrected chi connectivity index (χ2v) is 7.35. The van der Waals surface area contributed by atoms with Crippen LogP contribution in [0.3, 0.4) is 0 Å². The molecule has 0 aliphatic heterocycles. The molecule has 0 N–H and O–H groups in total. The van der Waals surface area contributed by atoms with Gasteiger partial charge in [-0.2, -0.15) is 0 Å². The van der Waals surface area contributed by atoms with E-state index in [4.69, 9.17) is 9.40 Å². The van der Waals surface area contributed by atoms with Gasteiger partial charge in [0.2, 0.25) is 0 Å². The topological polar surface area (TPSA) is 38.9 Å². The molecule has 2 aromatic carbocycles. The van der Waals surface area contributed by atoms with Gasteiger partial charge < -0.3 is 4.42 Å². The number of hydrogen-bond donors (Lipinski definition) is 0. The number of furan rings is 1. The predicted octanol–water partition coefficient (Wildman–Crippen LogP) is 6.83. The zero-order valence-electron chi connectivity index (χ0n) is 15.9. The molecular weight excluding hydrogens is 344 g/mol. The molecule has 0 fully saturated rings. The fourth-order valence-corrected chi connectivity index (χ4v) is 3.54. The Morgan fingerprint density at radius 3 is 2.39 bits per heavy atom. The molecule has 0 unspecified atom stereocenters. The summed E-state index contributed by atoms with van der Waals surface area (Å²) in [5.74, 6) is 0.468. The smallest absolute Gasteiger partial charge is 0.153 e. The Hall–Kier alpha value is -3.46. The van der Waals surface area contributed by atoms with Gasteiger partial charge in [0.15, 0.2) is 5.58 Å². The van der Waals surface area contributed by atoms with E-state index in [0.717, 1.165) is 44.6 Å². The summed E-state index contributed by atoms with van der Waals surface area (Å²) in [7, 11) is 0. The predicted molar refractivity (Wildman–Crippen MR) is 114 cm³/mol. The van der Waals surface area contributed by atoms with E-state index >= 15 is 0 Å². The number of pyridine rings is 2. The van der Waals surface area contributed by atoms with Gasteiger partial charge in [-0.3, -0.25) is 4.98 Å². The van der Waals surface area contributed by atoms with E-state index < -0.39 is 0 Å². The average Bonchev–Trinajstić information content (AvgIpc) is 3.11. The van der Waals surface area contributed by atoms with Gasteiger partial charge in [-0.1, -0.05) is 44.2 Å². The third-order valence-electron chi connectivity index (χ3n) is 5.13. The van der Waals surface area contributed by atoms with Crippen LogP contribution in [0.2, 0.25) is 0 Å². The summed E-state index contributed by atoms with van der Waals surface area (Å²) in [6, 6.07) is 24.7. The van der Waals surface area contributed by atoms with E-state index in [9.17, 15) is 0 Å². The quantitative estimate of drug-likeness (QED) is 0.352. The van der Waals surface area contributed by atoms with Crippen LogP contribution in [0.15, 0.2) is 83.4 Å². The van der Waals surface area contributed by atoms with Crippen molar-refractivity contribution >= 4 is 22.1 Å². The first-order valence-corrected chi connectivity index (χ1v) is 9.54. The lowest BCUT2D eigenvalue weighted by molar-refractivity contribution is 0.668. The summed E-state index contributed by atoms with van der Waals surface area (Å²) >= 11 is 0. The van der Waals surface area contributed by atoms with Gasteiger partial charge in [-0.25, -0.2) is 4.98 Å². The highest BCUT2D eigenvalue weighted by Crippen LogP contribution is 2.33. The largest absolute Gasteiger partial charge is 0.454 e. The number of aromatic nitrogens is 2. The molecule has 5 aromatic rings. The fraction of sp³-hybridized carbons (Fsp3) is 0.120. The van der Waals surface area contributed by atoms with Crippen LogP contribution in [0.4, 0.5) is 0 Å². The van der Waals surface area contributed by atoms with E-state index in [-0.39, 0.29) is 0 Å². The van der Waals surface area contributed by atoms with Crippen LogP contribution in [0.1, 0.15) is 25.3 Å². The summed E-state index contributed by atoms with van der Waals surface area (Å²) in [4.78, 5) is 9.48. The van der Waals surface area contributed by atoms with Crippen molar-refractivity contribution in [3.8, 4) is 22.5 Å². The lowest BCUT2D eigenvalue weighted by Gasteiger charge is -2.07. The van der Waals surface area contributed by atoms with E-state index in [1.54, 1.807) is 0 Å². The molecule has 3 nitrogen and oxygen atoms in total. The molecule has 28 heavy (non-hydrogen) atoms. The Kier molecular flexibility index (Phi) is 3.94. The van der Waals surface area contributed by atoms with Crippen molar-refractivity contribution in [1.82, 2.24) is 9.97 Å². The van der Waals surface area contributed by atoms with Crippen molar-refractivity contribution < 1.29 is 4.42 Å². The third kappa shape index (κ3) is 2.85. The number of rotatable bonds is 3. The molecule has 0 saturated heterocycles. The number of benzene rings is 2.